The van der Waals surface area contributed by atoms with Gasteiger partial charge >= 0.3 is 12.2 Å². The van der Waals surface area contributed by atoms with Crippen molar-refractivity contribution in [3.63, 3.8) is 0 Å². The molecule has 7 heteroatoms. The van der Waals surface area contributed by atoms with Gasteiger partial charge in [-0.25, -0.2) is 4.79 Å². The first-order valence-electron chi connectivity index (χ1n) is 6.09. The Kier molecular flexibility index (Phi) is 5.66. The van der Waals surface area contributed by atoms with E-state index in [-0.39, 0.29) is 6.54 Å². The molecule has 2 amide bonds. The lowest BCUT2D eigenvalue weighted by molar-refractivity contribution is -0.123. The van der Waals surface area contributed by atoms with Crippen molar-refractivity contribution in [3.05, 3.63) is 29.8 Å². The van der Waals surface area contributed by atoms with Crippen LogP contribution in [0.3, 0.4) is 0 Å². The van der Waals surface area contributed by atoms with Crippen LogP contribution in [-0.2, 0) is 6.54 Å². The van der Waals surface area contributed by atoms with Gasteiger partial charge in [0.2, 0.25) is 0 Å². The van der Waals surface area contributed by atoms with Gasteiger partial charge in [-0.05, 0) is 24.6 Å². The summed E-state index contributed by atoms with van der Waals surface area (Å²) in [4.78, 5) is 12.6. The molecule has 1 rings (SSSR count). The van der Waals surface area contributed by atoms with Crippen LogP contribution in [0.25, 0.3) is 0 Å². The number of nitrogens with zero attached hydrogens (tertiary/aromatic N) is 1. The maximum Gasteiger partial charge on any atom is 0.405 e. The number of rotatable bonds is 5. The van der Waals surface area contributed by atoms with Crippen LogP contribution in [0.2, 0.25) is 0 Å². The number of hydrogen-bond donors (Lipinski definition) is 1. The number of amides is 2. The summed E-state index contributed by atoms with van der Waals surface area (Å²) in [6.07, 6.45) is -4.41. The van der Waals surface area contributed by atoms with E-state index >= 15 is 0 Å². The van der Waals surface area contributed by atoms with E-state index < -0.39 is 18.8 Å². The summed E-state index contributed by atoms with van der Waals surface area (Å²) in [7, 11) is 1.43. The first-order chi connectivity index (χ1) is 9.31. The van der Waals surface area contributed by atoms with E-state index in [1.54, 1.807) is 24.3 Å². The molecule has 0 aliphatic carbocycles. The highest BCUT2D eigenvalue weighted by atomic mass is 19.4. The van der Waals surface area contributed by atoms with Crippen molar-refractivity contribution in [2.75, 3.05) is 20.2 Å². The lowest BCUT2D eigenvalue weighted by Gasteiger charge is -2.19. The number of carbonyl (C=O) groups excluding carboxylic acids is 1. The van der Waals surface area contributed by atoms with Crippen LogP contribution < -0.4 is 10.1 Å². The van der Waals surface area contributed by atoms with Crippen LogP contribution in [-0.4, -0.2) is 37.3 Å². The highest BCUT2D eigenvalue weighted by molar-refractivity contribution is 5.73. The Balaban J connectivity index is 2.48. The second-order valence-electron chi connectivity index (χ2n) is 4.21. The average molecular weight is 290 g/mol. The molecule has 0 bridgehead atoms. The van der Waals surface area contributed by atoms with Crippen LogP contribution in [0.5, 0.6) is 5.75 Å². The third-order valence-corrected chi connectivity index (χ3v) is 2.44. The van der Waals surface area contributed by atoms with E-state index in [9.17, 15) is 18.0 Å². The van der Waals surface area contributed by atoms with E-state index in [0.29, 0.717) is 12.4 Å². The van der Waals surface area contributed by atoms with Gasteiger partial charge in [0, 0.05) is 13.6 Å². The van der Waals surface area contributed by atoms with E-state index in [4.69, 9.17) is 4.74 Å². The maximum absolute atomic E-state index is 12.0. The zero-order chi connectivity index (χ0) is 15.2. The molecule has 1 aromatic carbocycles. The molecule has 0 fully saturated rings. The van der Waals surface area contributed by atoms with Gasteiger partial charge in [-0.15, -0.1) is 0 Å². The summed E-state index contributed by atoms with van der Waals surface area (Å²) in [6.45, 7) is 1.31. The summed E-state index contributed by atoms with van der Waals surface area (Å²) in [5.41, 5.74) is 0.804. The second-order valence-corrected chi connectivity index (χ2v) is 4.21. The highest BCUT2D eigenvalue weighted by Crippen LogP contribution is 2.14. The van der Waals surface area contributed by atoms with Crippen molar-refractivity contribution in [2.24, 2.45) is 0 Å². The monoisotopic (exact) mass is 290 g/mol. The third-order valence-electron chi connectivity index (χ3n) is 2.44. The normalized spacial score (nSPS) is 11.1. The van der Waals surface area contributed by atoms with Crippen LogP contribution >= 0.6 is 0 Å². The minimum atomic E-state index is -4.41. The van der Waals surface area contributed by atoms with Gasteiger partial charge in [-0.2, -0.15) is 13.2 Å². The SMILES string of the molecule is CCOc1ccc(CN(C)C(=O)NCC(F)(F)F)cc1. The number of nitrogens with one attached hydrogen (secondary N) is 1. The molecule has 0 radical (unpaired) electrons. The largest absolute Gasteiger partial charge is 0.494 e. The molecule has 112 valence electrons. The van der Waals surface area contributed by atoms with Crippen molar-refractivity contribution in [2.45, 2.75) is 19.6 Å². The molecule has 1 N–H and O–H groups in total. The van der Waals surface area contributed by atoms with Gasteiger partial charge in [0.15, 0.2) is 0 Å². The summed E-state index contributed by atoms with van der Waals surface area (Å²) in [5, 5.41) is 1.81. The Bertz CT molecular complexity index is 432. The van der Waals surface area contributed by atoms with Gasteiger partial charge in [-0.1, -0.05) is 12.1 Å². The molecule has 0 heterocycles. The number of benzene rings is 1. The minimum Gasteiger partial charge on any atom is -0.494 e. The van der Waals surface area contributed by atoms with Crippen molar-refractivity contribution in [1.29, 1.82) is 0 Å². The summed E-state index contributed by atoms with van der Waals surface area (Å²) in [6, 6.07) is 6.26. The number of halogens is 3. The highest BCUT2D eigenvalue weighted by Gasteiger charge is 2.28. The molecule has 0 atom stereocenters. The van der Waals surface area contributed by atoms with E-state index in [1.165, 1.54) is 11.9 Å². The second kappa shape index (κ2) is 7.02. The molecule has 0 saturated carbocycles. The van der Waals surface area contributed by atoms with Gasteiger partial charge in [-0.3, -0.25) is 0 Å². The molecule has 0 saturated heterocycles. The Morgan fingerprint density at radius 2 is 1.90 bits per heavy atom. The molecular formula is C13H17F3N2O2. The lowest BCUT2D eigenvalue weighted by atomic mass is 10.2. The zero-order valence-electron chi connectivity index (χ0n) is 11.3. The fourth-order valence-corrected chi connectivity index (χ4v) is 1.51. The first-order valence-corrected chi connectivity index (χ1v) is 6.09. The standard InChI is InChI=1S/C13H17F3N2O2/c1-3-20-11-6-4-10(5-7-11)8-18(2)12(19)17-9-13(14,15)16/h4-7H,3,8-9H2,1-2H3,(H,17,19). The fraction of sp³-hybridized carbons (Fsp3) is 0.462. The zero-order valence-corrected chi connectivity index (χ0v) is 11.3. The quantitative estimate of drug-likeness (QED) is 0.906. The summed E-state index contributed by atoms with van der Waals surface area (Å²) < 4.78 is 41.2. The predicted molar refractivity (Wildman–Crippen MR) is 68.5 cm³/mol. The number of urea groups is 1. The Morgan fingerprint density at radius 1 is 1.30 bits per heavy atom. The number of carbonyl (C=O) groups is 1. The Labute approximate surface area is 115 Å². The van der Waals surface area contributed by atoms with Crippen molar-refractivity contribution >= 4 is 6.03 Å². The van der Waals surface area contributed by atoms with Crippen LogP contribution in [0.15, 0.2) is 24.3 Å². The van der Waals surface area contributed by atoms with Crippen molar-refractivity contribution in [3.8, 4) is 5.75 Å². The fourth-order valence-electron chi connectivity index (χ4n) is 1.51. The van der Waals surface area contributed by atoms with E-state index in [1.807, 2.05) is 12.2 Å². The molecule has 20 heavy (non-hydrogen) atoms. The molecular weight excluding hydrogens is 273 g/mol. The topological polar surface area (TPSA) is 41.6 Å². The third kappa shape index (κ3) is 5.81. The maximum atomic E-state index is 12.0. The lowest BCUT2D eigenvalue weighted by Crippen LogP contribution is -2.41. The smallest absolute Gasteiger partial charge is 0.405 e. The number of alkyl halides is 3. The van der Waals surface area contributed by atoms with Crippen LogP contribution in [0.1, 0.15) is 12.5 Å². The van der Waals surface area contributed by atoms with E-state index in [2.05, 4.69) is 0 Å². The van der Waals surface area contributed by atoms with Gasteiger partial charge in [0.05, 0.1) is 6.61 Å². The van der Waals surface area contributed by atoms with Crippen molar-refractivity contribution in [1.82, 2.24) is 10.2 Å². The molecule has 0 unspecified atom stereocenters. The molecule has 0 aliphatic heterocycles. The van der Waals surface area contributed by atoms with Gasteiger partial charge in [0.25, 0.3) is 0 Å². The molecule has 0 aliphatic rings. The molecule has 4 nitrogen and oxygen atoms in total. The Morgan fingerprint density at radius 3 is 2.40 bits per heavy atom. The number of hydrogen-bond acceptors (Lipinski definition) is 2. The summed E-state index contributed by atoms with van der Waals surface area (Å²) >= 11 is 0. The van der Waals surface area contributed by atoms with Crippen LogP contribution in [0.4, 0.5) is 18.0 Å². The molecule has 0 aromatic heterocycles. The minimum absolute atomic E-state index is 0.218. The number of ether oxygens (including phenoxy) is 1. The van der Waals surface area contributed by atoms with E-state index in [0.717, 1.165) is 5.56 Å². The first kappa shape index (κ1) is 16.1. The average Bonchev–Trinajstić information content (AvgIpc) is 2.37. The van der Waals surface area contributed by atoms with Gasteiger partial charge < -0.3 is 15.0 Å². The summed E-state index contributed by atoms with van der Waals surface area (Å²) in [5.74, 6) is 0.709. The molecule has 1 aromatic rings. The molecule has 0 spiro atoms. The Hall–Kier alpha value is -1.92. The predicted octanol–water partition coefficient (Wildman–Crippen LogP) is 2.79. The van der Waals surface area contributed by atoms with Crippen molar-refractivity contribution < 1.29 is 22.7 Å². The van der Waals surface area contributed by atoms with Crippen LogP contribution in [0, 0.1) is 0 Å². The van der Waals surface area contributed by atoms with Gasteiger partial charge in [0.1, 0.15) is 12.3 Å².